The first-order valence-corrected chi connectivity index (χ1v) is 20.6. The fraction of sp³-hybridized carbons (Fsp3) is 0.158. The van der Waals surface area contributed by atoms with Crippen LogP contribution in [0.25, 0.3) is 79.4 Å². The van der Waals surface area contributed by atoms with Crippen molar-refractivity contribution in [1.29, 1.82) is 0 Å². The molecule has 0 fully saturated rings. The molecule has 9 aromatic rings. The minimum atomic E-state index is 1.34. The van der Waals surface area contributed by atoms with E-state index in [2.05, 4.69) is 102 Å². The van der Waals surface area contributed by atoms with Crippen molar-refractivity contribution in [1.82, 2.24) is 0 Å². The summed E-state index contributed by atoms with van der Waals surface area (Å²) in [7, 11) is 0. The van der Waals surface area contributed by atoms with Crippen molar-refractivity contribution in [2.45, 2.75) is 41.5 Å². The van der Waals surface area contributed by atoms with Gasteiger partial charge >= 0.3 is 0 Å². The van der Waals surface area contributed by atoms with Gasteiger partial charge in [0.05, 0.1) is 9.40 Å². The van der Waals surface area contributed by atoms with E-state index < -0.39 is 0 Å². The molecular weight excluding hydrogens is 681 g/mol. The van der Waals surface area contributed by atoms with Crippen LogP contribution in [0.15, 0.2) is 60.7 Å². The first kappa shape index (κ1) is 28.6. The average Bonchev–Trinajstić information content (AvgIpc) is 3.79. The molecule has 0 atom stereocenters. The van der Waals surface area contributed by atoms with E-state index in [9.17, 15) is 0 Å². The summed E-state index contributed by atoms with van der Waals surface area (Å²) in [6.45, 7) is 13.5. The van der Waals surface area contributed by atoms with Crippen LogP contribution >= 0.6 is 79.4 Å². The molecule has 0 aliphatic carbocycles. The normalized spacial score (nSPS) is 12.2. The zero-order chi connectivity index (χ0) is 30.7. The van der Waals surface area contributed by atoms with E-state index in [4.69, 9.17) is 0 Å². The van der Waals surface area contributed by atoms with Gasteiger partial charge in [-0.05, 0) is 147 Å². The molecule has 0 aliphatic heterocycles. The summed E-state index contributed by atoms with van der Waals surface area (Å²) in [5.74, 6) is 0. The van der Waals surface area contributed by atoms with Crippen LogP contribution in [-0.4, -0.2) is 0 Å². The second kappa shape index (κ2) is 10.4. The van der Waals surface area contributed by atoms with Crippen LogP contribution in [0, 0.1) is 41.5 Å². The number of rotatable bonds is 4. The maximum absolute atomic E-state index is 2.44. The molecule has 7 heterocycles. The smallest absolute Gasteiger partial charge is 0.0636 e. The van der Waals surface area contributed by atoms with Gasteiger partial charge in [0.1, 0.15) is 0 Å². The molecule has 0 radical (unpaired) electrons. The van der Waals surface area contributed by atoms with Crippen LogP contribution in [0.4, 0.5) is 0 Å². The predicted molar refractivity (Wildman–Crippen MR) is 212 cm³/mol. The number of hydrogen-bond donors (Lipinski definition) is 0. The summed E-state index contributed by atoms with van der Waals surface area (Å²) in [6, 6.07) is 23.9. The molecule has 2 aromatic carbocycles. The van der Waals surface area contributed by atoms with Gasteiger partial charge in [-0.15, -0.1) is 79.4 Å². The van der Waals surface area contributed by atoms with Crippen molar-refractivity contribution in [2.75, 3.05) is 0 Å². The van der Waals surface area contributed by atoms with Crippen LogP contribution in [0.2, 0.25) is 0 Å². The lowest BCUT2D eigenvalue weighted by Gasteiger charge is -2.11. The molecule has 0 aliphatic rings. The lowest BCUT2D eigenvalue weighted by Crippen LogP contribution is -1.87. The minimum absolute atomic E-state index is 1.34. The monoisotopic (exact) mass is 708 g/mol. The van der Waals surface area contributed by atoms with Gasteiger partial charge in [0, 0.05) is 57.5 Å². The molecule has 0 nitrogen and oxygen atoms in total. The van der Waals surface area contributed by atoms with Crippen molar-refractivity contribution in [3.8, 4) is 41.8 Å². The molecule has 0 saturated carbocycles. The Kier molecular flexibility index (Phi) is 6.63. The largest absolute Gasteiger partial charge is 0.140 e. The third-order valence-electron chi connectivity index (χ3n) is 8.61. The van der Waals surface area contributed by atoms with E-state index in [0.29, 0.717) is 0 Å². The van der Waals surface area contributed by atoms with Gasteiger partial charge in [-0.1, -0.05) is 0 Å². The lowest BCUT2D eigenvalue weighted by atomic mass is 9.97. The van der Waals surface area contributed by atoms with E-state index >= 15 is 0 Å². The van der Waals surface area contributed by atoms with E-state index in [0.717, 1.165) is 0 Å². The Labute approximate surface area is 290 Å². The molecule has 7 heteroatoms. The third-order valence-corrected chi connectivity index (χ3v) is 16.9. The molecule has 0 amide bonds. The molecule has 0 bridgehead atoms. The molecule has 0 spiro atoms. The first-order valence-electron chi connectivity index (χ1n) is 14.9. The first-order chi connectivity index (χ1) is 21.7. The molecule has 9 rings (SSSR count). The SMILES string of the molecule is Cc1cc2sc(-c3cc(C)c(-c4cc5sc6cc(-c7c(C)cc(-c8cc9sc(C)cc9s8)cc7C)sc6c5s4)c(C)c3)cc2s1. The predicted octanol–water partition coefficient (Wildman–Crippen LogP) is 15.2. The third kappa shape index (κ3) is 4.66. The van der Waals surface area contributed by atoms with Gasteiger partial charge in [-0.3, -0.25) is 0 Å². The number of hydrogen-bond acceptors (Lipinski definition) is 7. The van der Waals surface area contributed by atoms with Gasteiger partial charge in [0.15, 0.2) is 0 Å². The summed E-state index contributed by atoms with van der Waals surface area (Å²) >= 11 is 13.5. The Morgan fingerprint density at radius 2 is 0.667 bits per heavy atom. The molecule has 7 aromatic heterocycles. The van der Waals surface area contributed by atoms with Crippen LogP contribution in [-0.2, 0) is 0 Å². The number of aryl methyl sites for hydroxylation is 6. The van der Waals surface area contributed by atoms with Crippen LogP contribution in [0.5, 0.6) is 0 Å². The zero-order valence-electron chi connectivity index (χ0n) is 25.6. The lowest BCUT2D eigenvalue weighted by molar-refractivity contribution is 1.40. The van der Waals surface area contributed by atoms with Crippen molar-refractivity contribution in [2.24, 2.45) is 0 Å². The summed E-state index contributed by atoms with van der Waals surface area (Å²) in [5, 5.41) is 0. The molecule has 0 unspecified atom stereocenters. The number of thiophene rings is 7. The van der Waals surface area contributed by atoms with Gasteiger partial charge in [0.25, 0.3) is 0 Å². The van der Waals surface area contributed by atoms with E-state index in [1.165, 1.54) is 111 Å². The van der Waals surface area contributed by atoms with Crippen molar-refractivity contribution in [3.05, 3.63) is 92.7 Å². The highest BCUT2D eigenvalue weighted by Gasteiger charge is 2.20. The van der Waals surface area contributed by atoms with Crippen LogP contribution in [0.3, 0.4) is 0 Å². The minimum Gasteiger partial charge on any atom is -0.140 e. The Balaban J connectivity index is 1.07. The molecular formula is C38H28S7. The van der Waals surface area contributed by atoms with E-state index in [1.54, 1.807) is 0 Å². The van der Waals surface area contributed by atoms with Gasteiger partial charge in [-0.2, -0.15) is 0 Å². The molecule has 0 saturated heterocycles. The Morgan fingerprint density at radius 1 is 0.311 bits per heavy atom. The van der Waals surface area contributed by atoms with E-state index in [-0.39, 0.29) is 0 Å². The molecule has 0 N–H and O–H groups in total. The molecule has 45 heavy (non-hydrogen) atoms. The quantitative estimate of drug-likeness (QED) is 0.171. The fourth-order valence-corrected chi connectivity index (χ4v) is 15.7. The highest BCUT2D eigenvalue weighted by atomic mass is 32.1. The van der Waals surface area contributed by atoms with Crippen LogP contribution < -0.4 is 0 Å². The maximum Gasteiger partial charge on any atom is 0.0636 e. The van der Waals surface area contributed by atoms with E-state index in [1.807, 2.05) is 79.4 Å². The number of fused-ring (bicyclic) bond motifs is 5. The Bertz CT molecular complexity index is 2320. The van der Waals surface area contributed by atoms with Crippen molar-refractivity contribution >= 4 is 117 Å². The van der Waals surface area contributed by atoms with Gasteiger partial charge in [0.2, 0.25) is 0 Å². The van der Waals surface area contributed by atoms with Gasteiger partial charge in [-0.25, -0.2) is 0 Å². The second-order valence-electron chi connectivity index (χ2n) is 12.1. The fourth-order valence-electron chi connectivity index (χ4n) is 6.77. The Hall–Kier alpha value is -2.62. The highest BCUT2D eigenvalue weighted by Crippen LogP contribution is 2.50. The molecule has 222 valence electrons. The Morgan fingerprint density at radius 3 is 1.04 bits per heavy atom. The van der Waals surface area contributed by atoms with Crippen LogP contribution in [0.1, 0.15) is 32.0 Å². The summed E-state index contributed by atoms with van der Waals surface area (Å²) in [4.78, 5) is 8.31. The zero-order valence-corrected chi connectivity index (χ0v) is 31.3. The summed E-state index contributed by atoms with van der Waals surface area (Å²) in [5.41, 5.74) is 10.9. The van der Waals surface area contributed by atoms with Gasteiger partial charge < -0.3 is 0 Å². The van der Waals surface area contributed by atoms with Crippen molar-refractivity contribution < 1.29 is 0 Å². The number of benzene rings is 2. The standard InChI is InChI=1S/C38H28S7/c1-17-7-23(25-13-29-27(41-25)11-21(5)39-29)8-18(2)35(17)31-15-33-37(44-31)38-34(43-33)16-32(45-38)36-19(3)9-24(10-20(36)4)26-14-30-28(42-26)12-22(6)40-30/h7-16H,1-6H3. The average molecular weight is 709 g/mol. The summed E-state index contributed by atoms with van der Waals surface area (Å²) in [6.07, 6.45) is 0. The second-order valence-corrected chi connectivity index (χ2v) is 20.0. The maximum atomic E-state index is 2.44. The van der Waals surface area contributed by atoms with Crippen molar-refractivity contribution in [3.63, 3.8) is 0 Å². The summed E-state index contributed by atoms with van der Waals surface area (Å²) < 4.78 is 11.3. The highest BCUT2D eigenvalue weighted by molar-refractivity contribution is 7.40. The topological polar surface area (TPSA) is 0 Å².